The van der Waals surface area contributed by atoms with Crippen molar-refractivity contribution in [3.63, 3.8) is 0 Å². The van der Waals surface area contributed by atoms with Crippen LogP contribution < -0.4 is 11.2 Å². The molecule has 0 saturated carbocycles. The Morgan fingerprint density at radius 3 is 1.92 bits per heavy atom. The minimum Gasteiger partial charge on any atom is -0.481 e. The predicted molar refractivity (Wildman–Crippen MR) is 41.7 cm³/mol. The number of rotatable bonds is 3. The third-order valence-electron chi connectivity index (χ3n) is 0.723. The fraction of sp³-hybridized carbons (Fsp3) is 0.500. The van der Waals surface area contributed by atoms with Crippen LogP contribution in [0.1, 0.15) is 19.8 Å². The number of carboxylic acids is 1. The van der Waals surface area contributed by atoms with Gasteiger partial charge in [0.15, 0.2) is 0 Å². The Kier molecular flexibility index (Phi) is 9.07. The number of carbonyl (C=O) groups excluding carboxylic acids is 2. The molecule has 0 heterocycles. The van der Waals surface area contributed by atoms with Gasteiger partial charge in [-0.05, 0) is 0 Å². The van der Waals surface area contributed by atoms with Crippen LogP contribution in [0.2, 0.25) is 0 Å². The van der Waals surface area contributed by atoms with Crippen molar-refractivity contribution in [3.05, 3.63) is 0 Å². The highest BCUT2D eigenvalue weighted by atomic mass is 16.5. The van der Waals surface area contributed by atoms with Gasteiger partial charge in [0.25, 0.3) is 5.97 Å². The number of aliphatic carboxylic acids is 1. The van der Waals surface area contributed by atoms with Gasteiger partial charge in [-0.3, -0.25) is 19.6 Å². The molecule has 0 atom stereocenters. The molecule has 2 amide bonds. The molecule has 0 unspecified atom stereocenters. The van der Waals surface area contributed by atoms with E-state index in [0.29, 0.717) is 0 Å². The summed E-state index contributed by atoms with van der Waals surface area (Å²) >= 11 is 0. The first kappa shape index (κ1) is 13.9. The van der Waals surface area contributed by atoms with Crippen molar-refractivity contribution in [1.29, 1.82) is 0 Å². The van der Waals surface area contributed by atoms with Gasteiger partial charge in [-0.1, -0.05) is 0 Å². The van der Waals surface area contributed by atoms with Crippen LogP contribution >= 0.6 is 0 Å². The van der Waals surface area contributed by atoms with Crippen LogP contribution in [-0.2, 0) is 14.4 Å². The lowest BCUT2D eigenvalue weighted by Gasteiger charge is -1.92. The number of nitrogens with two attached hydrogens (primary N) is 1. The molecule has 0 fully saturated rings. The number of nitrogens with one attached hydrogen (secondary N) is 1. The third kappa shape index (κ3) is 25.2. The van der Waals surface area contributed by atoms with Crippen molar-refractivity contribution in [2.24, 2.45) is 5.73 Å². The molecule has 0 aromatic rings. The summed E-state index contributed by atoms with van der Waals surface area (Å²) in [5, 5.41) is 15.3. The summed E-state index contributed by atoms with van der Waals surface area (Å²) in [6, 6.07) is 0. The molecule has 0 aliphatic rings. The summed E-state index contributed by atoms with van der Waals surface area (Å²) < 4.78 is 0. The van der Waals surface area contributed by atoms with E-state index in [-0.39, 0.29) is 12.8 Å². The zero-order valence-corrected chi connectivity index (χ0v) is 7.11. The summed E-state index contributed by atoms with van der Waals surface area (Å²) in [6.45, 7) is 1.08. The second-order valence-electron chi connectivity index (χ2n) is 2.02. The third-order valence-corrected chi connectivity index (χ3v) is 0.723. The summed E-state index contributed by atoms with van der Waals surface area (Å²) in [7, 11) is 0. The number of primary amides is 1. The molecule has 0 aromatic heterocycles. The molecule has 0 bridgehead atoms. The lowest BCUT2D eigenvalue weighted by molar-refractivity contribution is -0.134. The summed E-state index contributed by atoms with van der Waals surface area (Å²) in [5.74, 6) is -1.99. The van der Waals surface area contributed by atoms with Gasteiger partial charge in [0, 0.05) is 19.8 Å². The van der Waals surface area contributed by atoms with Gasteiger partial charge in [-0.2, -0.15) is 0 Å². The Balaban J connectivity index is 0. The average molecular weight is 192 g/mol. The van der Waals surface area contributed by atoms with Crippen LogP contribution in [0.4, 0.5) is 0 Å². The van der Waals surface area contributed by atoms with Crippen molar-refractivity contribution in [1.82, 2.24) is 5.48 Å². The Morgan fingerprint density at radius 2 is 1.69 bits per heavy atom. The fourth-order valence-corrected chi connectivity index (χ4v) is 0.293. The van der Waals surface area contributed by atoms with Gasteiger partial charge in [0.05, 0.1) is 0 Å². The molecule has 76 valence electrons. The standard InChI is InChI=1S/C4H8N2O3.C2H4O2/c5-3(7)1-2-4(8)6-9;1-2(3)4/h9H,1-2H2,(H2,5,7)(H,6,8);1H3,(H,3,4). The van der Waals surface area contributed by atoms with E-state index in [4.69, 9.17) is 20.8 Å². The molecular formula is C6H12N2O5. The van der Waals surface area contributed by atoms with E-state index in [0.717, 1.165) is 6.92 Å². The summed E-state index contributed by atoms with van der Waals surface area (Å²) in [6.07, 6.45) is -0.0990. The van der Waals surface area contributed by atoms with Gasteiger partial charge in [-0.15, -0.1) is 0 Å². The van der Waals surface area contributed by atoms with E-state index in [2.05, 4.69) is 0 Å². The van der Waals surface area contributed by atoms with Gasteiger partial charge in [0.2, 0.25) is 11.8 Å². The summed E-state index contributed by atoms with van der Waals surface area (Å²) in [4.78, 5) is 29.1. The number of hydrogen-bond donors (Lipinski definition) is 4. The van der Waals surface area contributed by atoms with Gasteiger partial charge >= 0.3 is 0 Å². The number of hydrogen-bond acceptors (Lipinski definition) is 4. The Morgan fingerprint density at radius 1 is 1.31 bits per heavy atom. The molecule has 0 aliphatic carbocycles. The molecule has 7 heteroatoms. The highest BCUT2D eigenvalue weighted by Gasteiger charge is 2.00. The van der Waals surface area contributed by atoms with Gasteiger partial charge in [-0.25, -0.2) is 5.48 Å². The number of carbonyl (C=O) groups is 3. The molecule has 7 nitrogen and oxygen atoms in total. The number of carboxylic acid groups (broad SMARTS) is 1. The van der Waals surface area contributed by atoms with Crippen molar-refractivity contribution in [2.75, 3.05) is 0 Å². The molecule has 0 aliphatic heterocycles. The maximum Gasteiger partial charge on any atom is 0.300 e. The molecule has 0 rings (SSSR count). The fourth-order valence-electron chi connectivity index (χ4n) is 0.293. The molecule has 0 aromatic carbocycles. The normalized spacial score (nSPS) is 7.85. The van der Waals surface area contributed by atoms with Crippen molar-refractivity contribution in [2.45, 2.75) is 19.8 Å². The lowest BCUT2D eigenvalue weighted by Crippen LogP contribution is -2.21. The first-order valence-corrected chi connectivity index (χ1v) is 3.31. The van der Waals surface area contributed by atoms with Crippen molar-refractivity contribution >= 4 is 17.8 Å². The van der Waals surface area contributed by atoms with Crippen molar-refractivity contribution in [3.8, 4) is 0 Å². The van der Waals surface area contributed by atoms with Crippen LogP contribution in [0.25, 0.3) is 0 Å². The largest absolute Gasteiger partial charge is 0.481 e. The minimum absolute atomic E-state index is 0.0353. The van der Waals surface area contributed by atoms with Crippen LogP contribution in [0.5, 0.6) is 0 Å². The second kappa shape index (κ2) is 8.47. The summed E-state index contributed by atoms with van der Waals surface area (Å²) in [5.41, 5.74) is 6.07. The predicted octanol–water partition coefficient (Wildman–Crippen LogP) is -1.15. The monoisotopic (exact) mass is 192 g/mol. The van der Waals surface area contributed by atoms with Crippen molar-refractivity contribution < 1.29 is 24.7 Å². The quantitative estimate of drug-likeness (QED) is 0.331. The highest BCUT2D eigenvalue weighted by Crippen LogP contribution is 1.84. The van der Waals surface area contributed by atoms with E-state index in [1.165, 1.54) is 5.48 Å². The number of hydroxylamine groups is 1. The van der Waals surface area contributed by atoms with Gasteiger partial charge < -0.3 is 10.8 Å². The zero-order chi connectivity index (χ0) is 10.9. The first-order chi connectivity index (χ1) is 5.90. The maximum atomic E-state index is 10.1. The molecule has 5 N–H and O–H groups in total. The number of amides is 2. The second-order valence-corrected chi connectivity index (χ2v) is 2.02. The lowest BCUT2D eigenvalue weighted by atomic mass is 10.3. The SMILES string of the molecule is CC(=O)O.NC(=O)CCC(=O)NO. The highest BCUT2D eigenvalue weighted by molar-refractivity contribution is 5.82. The Hall–Kier alpha value is -1.63. The van der Waals surface area contributed by atoms with E-state index < -0.39 is 17.8 Å². The Bertz CT molecular complexity index is 187. The zero-order valence-electron chi connectivity index (χ0n) is 7.11. The maximum absolute atomic E-state index is 10.1. The van der Waals surface area contributed by atoms with Crippen LogP contribution in [0, 0.1) is 0 Å². The van der Waals surface area contributed by atoms with Crippen LogP contribution in [0.15, 0.2) is 0 Å². The molecular weight excluding hydrogens is 180 g/mol. The molecule has 13 heavy (non-hydrogen) atoms. The minimum atomic E-state index is -0.833. The Labute approximate surface area is 74.5 Å². The average Bonchev–Trinajstić information content (AvgIpc) is 1.99. The topological polar surface area (TPSA) is 130 Å². The van der Waals surface area contributed by atoms with E-state index in [1.807, 2.05) is 0 Å². The molecule has 0 saturated heterocycles. The molecule has 0 radical (unpaired) electrons. The first-order valence-electron chi connectivity index (χ1n) is 3.31. The molecule has 0 spiro atoms. The van der Waals surface area contributed by atoms with E-state index in [1.54, 1.807) is 0 Å². The van der Waals surface area contributed by atoms with Crippen LogP contribution in [0.3, 0.4) is 0 Å². The van der Waals surface area contributed by atoms with Crippen LogP contribution in [-0.4, -0.2) is 28.1 Å². The smallest absolute Gasteiger partial charge is 0.300 e. The van der Waals surface area contributed by atoms with Gasteiger partial charge in [0.1, 0.15) is 0 Å². The van der Waals surface area contributed by atoms with E-state index >= 15 is 0 Å². The van der Waals surface area contributed by atoms with E-state index in [9.17, 15) is 9.59 Å².